The average molecular weight is 412 g/mol. The summed E-state index contributed by atoms with van der Waals surface area (Å²) in [6, 6.07) is 12.2. The summed E-state index contributed by atoms with van der Waals surface area (Å²) in [4.78, 5) is 42.4. The normalized spacial score (nSPS) is 14.1. The van der Waals surface area contributed by atoms with E-state index in [0.29, 0.717) is 16.4 Å². The third-order valence-electron chi connectivity index (χ3n) is 4.44. The van der Waals surface area contributed by atoms with Gasteiger partial charge in [0.1, 0.15) is 6.04 Å². The van der Waals surface area contributed by atoms with Crippen LogP contribution in [0.2, 0.25) is 5.02 Å². The molecule has 0 N–H and O–H groups in total. The van der Waals surface area contributed by atoms with Crippen LogP contribution in [0.25, 0.3) is 11.4 Å². The molecule has 1 aromatic heterocycles. The van der Waals surface area contributed by atoms with E-state index < -0.39 is 23.8 Å². The molecule has 0 spiro atoms. The van der Waals surface area contributed by atoms with Crippen molar-refractivity contribution in [2.24, 2.45) is 0 Å². The second-order valence-electron chi connectivity index (χ2n) is 6.33. The largest absolute Gasteiger partial charge is 0.454 e. The second kappa shape index (κ2) is 7.48. The zero-order valence-corrected chi connectivity index (χ0v) is 15.9. The summed E-state index contributed by atoms with van der Waals surface area (Å²) < 4.78 is 10.2. The van der Waals surface area contributed by atoms with Crippen LogP contribution >= 0.6 is 11.6 Å². The van der Waals surface area contributed by atoms with Crippen LogP contribution in [-0.2, 0) is 16.1 Å². The van der Waals surface area contributed by atoms with Crippen LogP contribution in [0.4, 0.5) is 0 Å². The lowest BCUT2D eigenvalue weighted by Crippen LogP contribution is -2.43. The van der Waals surface area contributed by atoms with E-state index in [4.69, 9.17) is 20.9 Å². The highest BCUT2D eigenvalue weighted by Crippen LogP contribution is 2.25. The molecule has 0 aliphatic carbocycles. The number of fused-ring (bicyclic) bond motifs is 1. The minimum atomic E-state index is -1.10. The molecule has 29 heavy (non-hydrogen) atoms. The summed E-state index contributed by atoms with van der Waals surface area (Å²) >= 11 is 5.94. The standard InChI is InChI=1S/C20H14ClN3O5/c1-11(24-18(25)14-7-2-3-8-15(14)19(24)26)20(27)28-10-16-22-17(23-29-16)12-5-4-6-13(21)9-12/h2-9,11H,10H2,1H3/t11-/m0/s1. The molecule has 0 radical (unpaired) electrons. The first-order chi connectivity index (χ1) is 14.0. The summed E-state index contributed by atoms with van der Waals surface area (Å²) in [6.45, 7) is 1.13. The number of carbonyl (C=O) groups is 3. The third kappa shape index (κ3) is 3.50. The smallest absolute Gasteiger partial charge is 0.329 e. The van der Waals surface area contributed by atoms with Crippen LogP contribution in [0.15, 0.2) is 53.1 Å². The van der Waals surface area contributed by atoms with Gasteiger partial charge in [-0.1, -0.05) is 41.0 Å². The maximum atomic E-state index is 12.5. The number of amides is 2. The Morgan fingerprint density at radius 1 is 1.14 bits per heavy atom. The molecule has 1 aliphatic heterocycles. The predicted octanol–water partition coefficient (Wildman–Crippen LogP) is 3.12. The molecular formula is C20H14ClN3O5. The topological polar surface area (TPSA) is 103 Å². The van der Waals surface area contributed by atoms with Gasteiger partial charge in [-0.15, -0.1) is 0 Å². The molecule has 0 saturated heterocycles. The number of aromatic nitrogens is 2. The first-order valence-corrected chi connectivity index (χ1v) is 9.05. The van der Waals surface area contributed by atoms with Crippen molar-refractivity contribution in [1.82, 2.24) is 15.0 Å². The molecular weight excluding hydrogens is 398 g/mol. The van der Waals surface area contributed by atoms with Crippen molar-refractivity contribution < 1.29 is 23.6 Å². The number of halogens is 1. The Hall–Kier alpha value is -3.52. The van der Waals surface area contributed by atoms with Gasteiger partial charge < -0.3 is 9.26 Å². The summed E-state index contributed by atoms with van der Waals surface area (Å²) in [6.07, 6.45) is 0. The SMILES string of the molecule is C[C@@H](C(=O)OCc1nc(-c2cccc(Cl)c2)no1)N1C(=O)c2ccccc2C1=O. The summed E-state index contributed by atoms with van der Waals surface area (Å²) in [5.41, 5.74) is 1.18. The van der Waals surface area contributed by atoms with E-state index in [-0.39, 0.29) is 23.6 Å². The van der Waals surface area contributed by atoms with Crippen molar-refractivity contribution in [3.63, 3.8) is 0 Å². The molecule has 1 atom stereocenters. The van der Waals surface area contributed by atoms with E-state index in [2.05, 4.69) is 10.1 Å². The van der Waals surface area contributed by atoms with Crippen molar-refractivity contribution in [2.45, 2.75) is 19.6 Å². The van der Waals surface area contributed by atoms with E-state index in [0.717, 1.165) is 4.90 Å². The Kier molecular flexibility index (Phi) is 4.85. The molecule has 2 aromatic carbocycles. The van der Waals surface area contributed by atoms with Crippen molar-refractivity contribution in [3.05, 3.63) is 70.6 Å². The number of nitrogens with zero attached hydrogens (tertiary/aromatic N) is 3. The fourth-order valence-electron chi connectivity index (χ4n) is 2.98. The van der Waals surface area contributed by atoms with Gasteiger partial charge >= 0.3 is 5.97 Å². The molecule has 1 aliphatic rings. The number of hydrogen-bond donors (Lipinski definition) is 0. The van der Waals surface area contributed by atoms with Gasteiger partial charge in [0, 0.05) is 10.6 Å². The predicted molar refractivity (Wildman–Crippen MR) is 101 cm³/mol. The third-order valence-corrected chi connectivity index (χ3v) is 4.68. The first kappa shape index (κ1) is 18.8. The van der Waals surface area contributed by atoms with Crippen LogP contribution in [0.1, 0.15) is 33.5 Å². The Balaban J connectivity index is 1.42. The monoisotopic (exact) mass is 411 g/mol. The van der Waals surface area contributed by atoms with Crippen LogP contribution in [0.3, 0.4) is 0 Å². The fraction of sp³-hybridized carbons (Fsp3) is 0.150. The number of rotatable bonds is 5. The maximum Gasteiger partial charge on any atom is 0.329 e. The van der Waals surface area contributed by atoms with Gasteiger partial charge in [-0.3, -0.25) is 14.5 Å². The molecule has 8 nitrogen and oxygen atoms in total. The number of hydrogen-bond acceptors (Lipinski definition) is 7. The van der Waals surface area contributed by atoms with Crippen molar-refractivity contribution in [2.75, 3.05) is 0 Å². The Labute approximate surface area is 170 Å². The van der Waals surface area contributed by atoms with Gasteiger partial charge in [0.15, 0.2) is 6.61 Å². The van der Waals surface area contributed by atoms with Crippen LogP contribution in [0, 0.1) is 0 Å². The number of carbonyl (C=O) groups excluding carboxylic acids is 3. The van der Waals surface area contributed by atoms with Crippen molar-refractivity contribution in [1.29, 1.82) is 0 Å². The molecule has 2 heterocycles. The minimum absolute atomic E-state index is 0.0721. The van der Waals surface area contributed by atoms with Gasteiger partial charge in [-0.05, 0) is 31.2 Å². The zero-order chi connectivity index (χ0) is 20.5. The van der Waals surface area contributed by atoms with E-state index >= 15 is 0 Å². The lowest BCUT2D eigenvalue weighted by atomic mass is 10.1. The molecule has 146 valence electrons. The van der Waals surface area contributed by atoms with Crippen LogP contribution < -0.4 is 0 Å². The second-order valence-corrected chi connectivity index (χ2v) is 6.77. The van der Waals surface area contributed by atoms with Gasteiger partial charge in [-0.25, -0.2) is 4.79 Å². The van der Waals surface area contributed by atoms with Crippen LogP contribution in [0.5, 0.6) is 0 Å². The van der Waals surface area contributed by atoms with Crippen molar-refractivity contribution >= 4 is 29.4 Å². The van der Waals surface area contributed by atoms with Crippen LogP contribution in [-0.4, -0.2) is 38.9 Å². The average Bonchev–Trinajstić information content (AvgIpc) is 3.29. The summed E-state index contributed by atoms with van der Waals surface area (Å²) in [5.74, 6) is -1.45. The van der Waals surface area contributed by atoms with Gasteiger partial charge in [0.25, 0.3) is 17.7 Å². The molecule has 2 amide bonds. The fourth-order valence-corrected chi connectivity index (χ4v) is 3.17. The summed E-state index contributed by atoms with van der Waals surface area (Å²) in [7, 11) is 0. The molecule has 4 rings (SSSR count). The number of benzene rings is 2. The van der Waals surface area contributed by atoms with E-state index in [1.807, 2.05) is 0 Å². The minimum Gasteiger partial charge on any atom is -0.454 e. The lowest BCUT2D eigenvalue weighted by molar-refractivity contribution is -0.149. The maximum absolute atomic E-state index is 12.5. The van der Waals surface area contributed by atoms with E-state index in [1.165, 1.54) is 6.92 Å². The number of esters is 1. The highest BCUT2D eigenvalue weighted by molar-refractivity contribution is 6.30. The Morgan fingerprint density at radius 2 is 1.83 bits per heavy atom. The van der Waals surface area contributed by atoms with E-state index in [1.54, 1.807) is 48.5 Å². The highest BCUT2D eigenvalue weighted by atomic mass is 35.5. The molecule has 0 saturated carbocycles. The quantitative estimate of drug-likeness (QED) is 0.469. The number of ether oxygens (including phenoxy) is 1. The molecule has 0 bridgehead atoms. The van der Waals surface area contributed by atoms with Gasteiger partial charge in [0.2, 0.25) is 5.82 Å². The van der Waals surface area contributed by atoms with Gasteiger partial charge in [-0.2, -0.15) is 4.98 Å². The van der Waals surface area contributed by atoms with Crippen molar-refractivity contribution in [3.8, 4) is 11.4 Å². The Bertz CT molecular complexity index is 1090. The number of imide groups is 1. The zero-order valence-electron chi connectivity index (χ0n) is 15.2. The Morgan fingerprint density at radius 3 is 2.48 bits per heavy atom. The summed E-state index contributed by atoms with van der Waals surface area (Å²) in [5, 5.41) is 4.35. The first-order valence-electron chi connectivity index (χ1n) is 8.68. The molecule has 9 heteroatoms. The molecule has 3 aromatic rings. The molecule has 0 fully saturated rings. The molecule has 0 unspecified atom stereocenters. The highest BCUT2D eigenvalue weighted by Gasteiger charge is 2.41. The lowest BCUT2D eigenvalue weighted by Gasteiger charge is -2.20. The van der Waals surface area contributed by atoms with Gasteiger partial charge in [0.05, 0.1) is 11.1 Å². The van der Waals surface area contributed by atoms with E-state index in [9.17, 15) is 14.4 Å².